The van der Waals surface area contributed by atoms with Crippen LogP contribution in [-0.4, -0.2) is 67.0 Å². The summed E-state index contributed by atoms with van der Waals surface area (Å²) in [7, 11) is 0. The Kier molecular flexibility index (Phi) is 10.0. The number of hydrogen-bond donors (Lipinski definition) is 2. The van der Waals surface area contributed by atoms with Crippen LogP contribution < -0.4 is 4.74 Å². The van der Waals surface area contributed by atoms with E-state index in [4.69, 9.17) is 30.5 Å². The Morgan fingerprint density at radius 3 is 2.76 bits per heavy atom. The lowest BCUT2D eigenvalue weighted by atomic mass is 9.87. The molecule has 1 aromatic carbocycles. The second-order valence-electron chi connectivity index (χ2n) is 9.13. The minimum Gasteiger partial charge on any atom is -0.491 e. The number of hydrogen-bond acceptors (Lipinski definition) is 7. The summed E-state index contributed by atoms with van der Waals surface area (Å²) in [6.07, 6.45) is 4.48. The highest BCUT2D eigenvalue weighted by molar-refractivity contribution is 6.30. The second-order valence-corrected chi connectivity index (χ2v) is 9.57. The Morgan fingerprint density at radius 2 is 2.03 bits per heavy atom. The van der Waals surface area contributed by atoms with Gasteiger partial charge >= 0.3 is 5.97 Å². The highest BCUT2D eigenvalue weighted by Gasteiger charge is 2.43. The predicted octanol–water partition coefficient (Wildman–Crippen LogP) is 3.40. The van der Waals surface area contributed by atoms with Crippen molar-refractivity contribution in [2.24, 2.45) is 17.8 Å². The molecule has 6 atom stereocenters. The van der Waals surface area contributed by atoms with E-state index in [1.807, 2.05) is 6.08 Å². The number of fused-ring (bicyclic) bond motifs is 1. The molecule has 2 aliphatic rings. The van der Waals surface area contributed by atoms with Crippen molar-refractivity contribution in [1.82, 2.24) is 0 Å². The van der Waals surface area contributed by atoms with E-state index >= 15 is 0 Å². The minimum absolute atomic E-state index is 0.0204. The first-order valence-corrected chi connectivity index (χ1v) is 12.0. The third-order valence-corrected chi connectivity index (χ3v) is 6.33. The van der Waals surface area contributed by atoms with Crippen molar-refractivity contribution in [3.63, 3.8) is 0 Å². The van der Waals surface area contributed by atoms with Gasteiger partial charge < -0.3 is 29.2 Å². The van der Waals surface area contributed by atoms with E-state index in [2.05, 4.69) is 0 Å². The Hall–Kier alpha value is -1.64. The van der Waals surface area contributed by atoms with Gasteiger partial charge in [-0.05, 0) is 56.9 Å². The first kappa shape index (κ1) is 26.0. The van der Waals surface area contributed by atoms with Crippen LogP contribution in [0.2, 0.25) is 5.02 Å². The predicted molar refractivity (Wildman–Crippen MR) is 124 cm³/mol. The molecule has 33 heavy (non-hydrogen) atoms. The van der Waals surface area contributed by atoms with Crippen LogP contribution in [0.15, 0.2) is 36.4 Å². The van der Waals surface area contributed by atoms with Crippen LogP contribution in [0.3, 0.4) is 0 Å². The summed E-state index contributed by atoms with van der Waals surface area (Å²) in [4.78, 5) is 11.6. The molecule has 0 unspecified atom stereocenters. The highest BCUT2D eigenvalue weighted by Crippen LogP contribution is 2.41. The Morgan fingerprint density at radius 1 is 1.27 bits per heavy atom. The Labute approximate surface area is 200 Å². The molecule has 1 aliphatic heterocycles. The number of rotatable bonds is 10. The van der Waals surface area contributed by atoms with Gasteiger partial charge in [-0.15, -0.1) is 0 Å². The fraction of sp³-hybridized carbons (Fsp3) is 0.640. The SMILES string of the molecule is CC(C)OC(=O)COC[C@H]1CC[C@@H]2[C@@H](/C=C/[C@@H](O)COc3ccc(Cl)cc3)[C@H](O)C[C@@H]2OC1. The van der Waals surface area contributed by atoms with Crippen molar-refractivity contribution >= 4 is 17.6 Å². The van der Waals surface area contributed by atoms with Gasteiger partial charge in [-0.2, -0.15) is 0 Å². The zero-order chi connectivity index (χ0) is 23.8. The largest absolute Gasteiger partial charge is 0.491 e. The second kappa shape index (κ2) is 12.7. The monoisotopic (exact) mass is 482 g/mol. The summed E-state index contributed by atoms with van der Waals surface area (Å²) < 4.78 is 22.3. The summed E-state index contributed by atoms with van der Waals surface area (Å²) in [6.45, 7) is 4.66. The molecule has 1 aliphatic carbocycles. The molecule has 0 spiro atoms. The molecule has 0 bridgehead atoms. The van der Waals surface area contributed by atoms with Crippen LogP contribution >= 0.6 is 11.6 Å². The fourth-order valence-corrected chi connectivity index (χ4v) is 4.60. The number of aliphatic hydroxyl groups is 2. The molecule has 1 aromatic rings. The minimum atomic E-state index is -0.787. The number of carbonyl (C=O) groups is 1. The quantitative estimate of drug-likeness (QED) is 0.390. The maximum atomic E-state index is 11.6. The van der Waals surface area contributed by atoms with Crippen molar-refractivity contribution in [2.75, 3.05) is 26.4 Å². The molecule has 1 heterocycles. The smallest absolute Gasteiger partial charge is 0.332 e. The first-order valence-electron chi connectivity index (χ1n) is 11.6. The fourth-order valence-electron chi connectivity index (χ4n) is 4.48. The molecule has 184 valence electrons. The molecular weight excluding hydrogens is 448 g/mol. The number of benzene rings is 1. The van der Waals surface area contributed by atoms with Crippen molar-refractivity contribution in [3.8, 4) is 5.75 Å². The third-order valence-electron chi connectivity index (χ3n) is 6.07. The average Bonchev–Trinajstić information content (AvgIpc) is 2.93. The number of esters is 1. The normalized spacial score (nSPS) is 28.5. The lowest BCUT2D eigenvalue weighted by molar-refractivity contribution is -0.153. The lowest BCUT2D eigenvalue weighted by Crippen LogP contribution is -2.22. The van der Waals surface area contributed by atoms with Gasteiger partial charge in [0.25, 0.3) is 0 Å². The molecule has 0 amide bonds. The van der Waals surface area contributed by atoms with Gasteiger partial charge in [0.1, 0.15) is 25.1 Å². The van der Waals surface area contributed by atoms with Gasteiger partial charge in [-0.3, -0.25) is 0 Å². The third kappa shape index (κ3) is 8.26. The summed E-state index contributed by atoms with van der Waals surface area (Å²) in [5.74, 6) is 0.569. The summed E-state index contributed by atoms with van der Waals surface area (Å²) in [6, 6.07) is 6.96. The number of carbonyl (C=O) groups excluding carboxylic acids is 1. The van der Waals surface area contributed by atoms with Crippen LogP contribution in [0.1, 0.15) is 33.1 Å². The van der Waals surface area contributed by atoms with Crippen molar-refractivity contribution in [1.29, 1.82) is 0 Å². The topological polar surface area (TPSA) is 94.5 Å². The van der Waals surface area contributed by atoms with E-state index < -0.39 is 12.2 Å². The van der Waals surface area contributed by atoms with E-state index in [1.54, 1.807) is 44.2 Å². The zero-order valence-corrected chi connectivity index (χ0v) is 20.0. The van der Waals surface area contributed by atoms with E-state index in [1.165, 1.54) is 0 Å². The van der Waals surface area contributed by atoms with Crippen molar-refractivity contribution in [2.45, 2.75) is 57.5 Å². The van der Waals surface area contributed by atoms with Gasteiger partial charge in [-0.1, -0.05) is 23.8 Å². The van der Waals surface area contributed by atoms with Crippen LogP contribution in [0.5, 0.6) is 5.75 Å². The van der Waals surface area contributed by atoms with Gasteiger partial charge in [0.15, 0.2) is 0 Å². The standard InChI is InChI=1S/C25H35ClO7/c1-16(2)33-25(29)15-30-12-17-3-9-22-21(23(28)11-24(22)32-13-17)10-6-19(27)14-31-20-7-4-18(26)5-8-20/h4-8,10,16-17,19,21-24,27-28H,3,9,11-15H2,1-2H3/b10-6+/t17-,19-,21-,22-,23-,24+/m1/s1. The number of ether oxygens (including phenoxy) is 4. The number of aliphatic hydroxyl groups excluding tert-OH is 2. The average molecular weight is 483 g/mol. The molecule has 1 saturated heterocycles. The lowest BCUT2D eigenvalue weighted by Gasteiger charge is -2.21. The molecule has 8 heteroatoms. The summed E-state index contributed by atoms with van der Waals surface area (Å²) in [5.41, 5.74) is 0. The van der Waals surface area contributed by atoms with Gasteiger partial charge in [0.2, 0.25) is 0 Å². The molecule has 3 rings (SSSR count). The molecule has 7 nitrogen and oxygen atoms in total. The van der Waals surface area contributed by atoms with Gasteiger partial charge in [0.05, 0.1) is 31.5 Å². The van der Waals surface area contributed by atoms with E-state index in [-0.39, 0.29) is 49.1 Å². The summed E-state index contributed by atoms with van der Waals surface area (Å²) >= 11 is 5.87. The number of halogens is 1. The molecular formula is C25H35ClO7. The Bertz CT molecular complexity index is 767. The summed E-state index contributed by atoms with van der Waals surface area (Å²) in [5, 5.41) is 21.5. The molecule has 1 saturated carbocycles. The molecule has 2 N–H and O–H groups in total. The van der Waals surface area contributed by atoms with Gasteiger partial charge in [-0.25, -0.2) is 4.79 Å². The van der Waals surface area contributed by atoms with Crippen molar-refractivity contribution in [3.05, 3.63) is 41.4 Å². The molecule has 0 aromatic heterocycles. The van der Waals surface area contributed by atoms with Crippen LogP contribution in [0.25, 0.3) is 0 Å². The highest BCUT2D eigenvalue weighted by atomic mass is 35.5. The van der Waals surface area contributed by atoms with E-state index in [9.17, 15) is 15.0 Å². The maximum Gasteiger partial charge on any atom is 0.332 e. The van der Waals surface area contributed by atoms with Gasteiger partial charge in [0, 0.05) is 23.3 Å². The van der Waals surface area contributed by atoms with Crippen LogP contribution in [-0.2, 0) is 19.0 Å². The first-order chi connectivity index (χ1) is 15.8. The zero-order valence-electron chi connectivity index (χ0n) is 19.3. The Balaban J connectivity index is 1.44. The van der Waals surface area contributed by atoms with E-state index in [0.29, 0.717) is 30.4 Å². The maximum absolute atomic E-state index is 11.6. The molecule has 0 radical (unpaired) electrons. The van der Waals surface area contributed by atoms with Crippen molar-refractivity contribution < 1.29 is 34.0 Å². The molecule has 2 fully saturated rings. The van der Waals surface area contributed by atoms with Crippen LogP contribution in [0, 0.1) is 17.8 Å². The van der Waals surface area contributed by atoms with Crippen LogP contribution in [0.4, 0.5) is 0 Å². The van der Waals surface area contributed by atoms with E-state index in [0.717, 1.165) is 12.8 Å².